The van der Waals surface area contributed by atoms with Crippen LogP contribution >= 0.6 is 0 Å². The number of carbonyl (C=O) groups is 1. The van der Waals surface area contributed by atoms with Gasteiger partial charge in [-0.1, -0.05) is 25.7 Å². The number of rotatable bonds is 4. The van der Waals surface area contributed by atoms with Gasteiger partial charge in [-0.15, -0.1) is 0 Å². The summed E-state index contributed by atoms with van der Waals surface area (Å²) in [6.45, 7) is 5.13. The zero-order valence-corrected chi connectivity index (χ0v) is 14.0. The van der Waals surface area contributed by atoms with Crippen molar-refractivity contribution in [3.8, 4) is 0 Å². The molecule has 2 fully saturated rings. The van der Waals surface area contributed by atoms with Gasteiger partial charge >= 0.3 is 0 Å². The van der Waals surface area contributed by atoms with Crippen molar-refractivity contribution in [1.29, 1.82) is 0 Å². The molecule has 3 rings (SSSR count). The highest BCUT2D eigenvalue weighted by molar-refractivity contribution is 5.52. The lowest BCUT2D eigenvalue weighted by Crippen LogP contribution is -2.46. The van der Waals surface area contributed by atoms with E-state index in [0.29, 0.717) is 6.04 Å². The molecule has 0 atom stereocenters. The molecule has 1 aromatic rings. The molecule has 126 valence electrons. The summed E-state index contributed by atoms with van der Waals surface area (Å²) in [4.78, 5) is 24.0. The molecule has 0 radical (unpaired) electrons. The summed E-state index contributed by atoms with van der Waals surface area (Å²) in [6, 6.07) is 2.60. The Morgan fingerprint density at radius 3 is 2.43 bits per heavy atom. The second-order valence-electron chi connectivity index (χ2n) is 6.62. The van der Waals surface area contributed by atoms with Crippen LogP contribution in [0.5, 0.6) is 0 Å². The molecule has 1 saturated heterocycles. The van der Waals surface area contributed by atoms with Gasteiger partial charge in [0.2, 0.25) is 6.41 Å². The molecule has 0 aromatic carbocycles. The van der Waals surface area contributed by atoms with Crippen LogP contribution < -0.4 is 10.2 Å². The molecule has 6 nitrogen and oxygen atoms in total. The molecule has 1 aromatic heterocycles. The van der Waals surface area contributed by atoms with E-state index in [2.05, 4.69) is 26.3 Å². The van der Waals surface area contributed by atoms with E-state index >= 15 is 0 Å². The minimum absolute atomic E-state index is 0.534. The number of hydrogen-bond acceptors (Lipinski definition) is 5. The van der Waals surface area contributed by atoms with Crippen LogP contribution in [0.15, 0.2) is 6.07 Å². The summed E-state index contributed by atoms with van der Waals surface area (Å²) in [5, 5.41) is 3.62. The van der Waals surface area contributed by atoms with Crippen molar-refractivity contribution in [3.05, 3.63) is 11.9 Å². The van der Waals surface area contributed by atoms with Gasteiger partial charge in [-0.25, -0.2) is 9.97 Å². The molecule has 23 heavy (non-hydrogen) atoms. The molecular formula is C17H27N5O. The van der Waals surface area contributed by atoms with Gasteiger partial charge in [0, 0.05) is 38.3 Å². The first-order valence-electron chi connectivity index (χ1n) is 8.81. The molecule has 1 aliphatic heterocycles. The second kappa shape index (κ2) is 7.62. The lowest BCUT2D eigenvalue weighted by Gasteiger charge is -2.33. The number of piperazine rings is 1. The third kappa shape index (κ3) is 4.33. The first-order chi connectivity index (χ1) is 11.2. The average molecular weight is 317 g/mol. The lowest BCUT2D eigenvalue weighted by molar-refractivity contribution is -0.118. The standard InChI is InChI=1S/C17H27N5O/c1-14-18-16(20-15-6-4-2-3-5-7-15)12-17(19-14)22-10-8-21(13-23)9-11-22/h12-13,15H,2-11H2,1H3,(H,18,19,20). The summed E-state index contributed by atoms with van der Waals surface area (Å²) in [6.07, 6.45) is 8.72. The highest BCUT2D eigenvalue weighted by Gasteiger charge is 2.19. The van der Waals surface area contributed by atoms with E-state index in [0.717, 1.165) is 50.0 Å². The smallest absolute Gasteiger partial charge is 0.209 e. The first kappa shape index (κ1) is 16.0. The number of nitrogens with one attached hydrogen (secondary N) is 1. The van der Waals surface area contributed by atoms with Crippen molar-refractivity contribution in [2.45, 2.75) is 51.5 Å². The quantitative estimate of drug-likeness (QED) is 0.681. The van der Waals surface area contributed by atoms with Gasteiger partial charge in [0.1, 0.15) is 17.5 Å². The topological polar surface area (TPSA) is 61.4 Å². The van der Waals surface area contributed by atoms with E-state index in [4.69, 9.17) is 0 Å². The molecule has 0 bridgehead atoms. The number of anilines is 2. The van der Waals surface area contributed by atoms with Crippen molar-refractivity contribution < 1.29 is 4.79 Å². The summed E-state index contributed by atoms with van der Waals surface area (Å²) in [5.74, 6) is 2.72. The maximum absolute atomic E-state index is 10.8. The molecule has 0 spiro atoms. The largest absolute Gasteiger partial charge is 0.367 e. The molecule has 6 heteroatoms. The Morgan fingerprint density at radius 2 is 1.78 bits per heavy atom. The van der Waals surface area contributed by atoms with Crippen LogP contribution in [0.1, 0.15) is 44.3 Å². The Labute approximate surface area is 138 Å². The second-order valence-corrected chi connectivity index (χ2v) is 6.62. The summed E-state index contributed by atoms with van der Waals surface area (Å²) in [7, 11) is 0. The van der Waals surface area contributed by atoms with E-state index in [1.165, 1.54) is 38.5 Å². The third-order valence-corrected chi connectivity index (χ3v) is 4.82. The van der Waals surface area contributed by atoms with Crippen molar-refractivity contribution in [2.75, 3.05) is 36.4 Å². The minimum Gasteiger partial charge on any atom is -0.367 e. The SMILES string of the molecule is Cc1nc(NC2CCCCCC2)cc(N2CCN(C=O)CC2)n1. The number of aromatic nitrogens is 2. The Bertz CT molecular complexity index is 520. The van der Waals surface area contributed by atoms with E-state index in [1.54, 1.807) is 0 Å². The fourth-order valence-electron chi connectivity index (χ4n) is 3.48. The van der Waals surface area contributed by atoms with Crippen LogP contribution in [-0.4, -0.2) is 53.5 Å². The van der Waals surface area contributed by atoms with Crippen molar-refractivity contribution in [1.82, 2.24) is 14.9 Å². The Morgan fingerprint density at radius 1 is 1.09 bits per heavy atom. The average Bonchev–Trinajstić information content (AvgIpc) is 2.83. The fourth-order valence-corrected chi connectivity index (χ4v) is 3.48. The maximum Gasteiger partial charge on any atom is 0.209 e. The highest BCUT2D eigenvalue weighted by atomic mass is 16.1. The normalized spacial score (nSPS) is 20.2. The van der Waals surface area contributed by atoms with Gasteiger partial charge in [-0.3, -0.25) is 4.79 Å². The Balaban J connectivity index is 1.67. The zero-order chi connectivity index (χ0) is 16.1. The molecular weight excluding hydrogens is 290 g/mol. The van der Waals surface area contributed by atoms with Crippen LogP contribution in [0.4, 0.5) is 11.6 Å². The number of aryl methyl sites for hydroxylation is 1. The molecule has 2 heterocycles. The Kier molecular flexibility index (Phi) is 5.31. The van der Waals surface area contributed by atoms with Gasteiger partial charge in [-0.05, 0) is 19.8 Å². The van der Waals surface area contributed by atoms with Crippen LogP contribution in [0.2, 0.25) is 0 Å². The van der Waals surface area contributed by atoms with Crippen molar-refractivity contribution in [3.63, 3.8) is 0 Å². The lowest BCUT2D eigenvalue weighted by atomic mass is 10.1. The van der Waals surface area contributed by atoms with E-state index < -0.39 is 0 Å². The molecule has 0 unspecified atom stereocenters. The first-order valence-corrected chi connectivity index (χ1v) is 8.81. The number of nitrogens with zero attached hydrogens (tertiary/aromatic N) is 4. The van der Waals surface area contributed by atoms with Crippen LogP contribution in [-0.2, 0) is 4.79 Å². The predicted molar refractivity (Wildman–Crippen MR) is 91.7 cm³/mol. The van der Waals surface area contributed by atoms with Gasteiger partial charge in [0.15, 0.2) is 0 Å². The monoisotopic (exact) mass is 317 g/mol. The molecule has 1 aliphatic carbocycles. The highest BCUT2D eigenvalue weighted by Crippen LogP contribution is 2.23. The molecule has 1 saturated carbocycles. The number of carbonyl (C=O) groups excluding carboxylic acids is 1. The number of hydrogen-bond donors (Lipinski definition) is 1. The predicted octanol–water partition coefficient (Wildman–Crippen LogP) is 2.20. The van der Waals surface area contributed by atoms with Crippen LogP contribution in [0.25, 0.3) is 0 Å². The molecule has 1 N–H and O–H groups in total. The van der Waals surface area contributed by atoms with Crippen LogP contribution in [0, 0.1) is 6.92 Å². The van der Waals surface area contributed by atoms with Crippen LogP contribution in [0.3, 0.4) is 0 Å². The van der Waals surface area contributed by atoms with Gasteiger partial charge in [-0.2, -0.15) is 0 Å². The van der Waals surface area contributed by atoms with E-state index in [1.807, 2.05) is 11.8 Å². The minimum atomic E-state index is 0.534. The third-order valence-electron chi connectivity index (χ3n) is 4.82. The van der Waals surface area contributed by atoms with Gasteiger partial charge in [0.05, 0.1) is 0 Å². The number of amides is 1. The fraction of sp³-hybridized carbons (Fsp3) is 0.706. The summed E-state index contributed by atoms with van der Waals surface area (Å²) >= 11 is 0. The summed E-state index contributed by atoms with van der Waals surface area (Å²) in [5.41, 5.74) is 0. The Hall–Kier alpha value is -1.85. The van der Waals surface area contributed by atoms with Crippen molar-refractivity contribution in [2.24, 2.45) is 0 Å². The summed E-state index contributed by atoms with van der Waals surface area (Å²) < 4.78 is 0. The van der Waals surface area contributed by atoms with E-state index in [-0.39, 0.29) is 0 Å². The maximum atomic E-state index is 10.8. The van der Waals surface area contributed by atoms with E-state index in [9.17, 15) is 4.79 Å². The zero-order valence-electron chi connectivity index (χ0n) is 14.0. The van der Waals surface area contributed by atoms with Gasteiger partial charge < -0.3 is 15.1 Å². The molecule has 1 amide bonds. The van der Waals surface area contributed by atoms with Gasteiger partial charge in [0.25, 0.3) is 0 Å². The van der Waals surface area contributed by atoms with Crippen molar-refractivity contribution >= 4 is 18.0 Å². The molecule has 2 aliphatic rings.